The van der Waals surface area contributed by atoms with Gasteiger partial charge in [0.1, 0.15) is 5.75 Å². The number of nitrogens with zero attached hydrogens (tertiary/aromatic N) is 2. The van der Waals surface area contributed by atoms with Gasteiger partial charge in [0.05, 0.1) is 7.11 Å². The maximum absolute atomic E-state index is 5.49. The Hall–Kier alpha value is -1.10. The molecule has 0 saturated carbocycles. The standard InChI is InChI=1S/C17H29N3O/c1-13-6-7-17(21-5)16(10-13)14(2)18-11-15-12-19(3)8-9-20(15)4/h6-7,10,14-15,18H,8-9,11-12H2,1-5H3. The van der Waals surface area contributed by atoms with Gasteiger partial charge < -0.3 is 15.0 Å². The van der Waals surface area contributed by atoms with Gasteiger partial charge in [-0.25, -0.2) is 0 Å². The number of aryl methyl sites for hydroxylation is 1. The lowest BCUT2D eigenvalue weighted by atomic mass is 10.0. The minimum atomic E-state index is 0.292. The third kappa shape index (κ3) is 4.19. The molecule has 1 N–H and O–H groups in total. The minimum absolute atomic E-state index is 0.292. The molecule has 2 unspecified atom stereocenters. The Kier molecular flexibility index (Phi) is 5.62. The van der Waals surface area contributed by atoms with Crippen LogP contribution in [0.25, 0.3) is 0 Å². The first kappa shape index (κ1) is 16.3. The Morgan fingerprint density at radius 3 is 2.81 bits per heavy atom. The van der Waals surface area contributed by atoms with Gasteiger partial charge >= 0.3 is 0 Å². The molecule has 1 aromatic rings. The lowest BCUT2D eigenvalue weighted by molar-refractivity contribution is 0.111. The Balaban J connectivity index is 1.98. The zero-order valence-electron chi connectivity index (χ0n) is 14.0. The number of hydrogen-bond acceptors (Lipinski definition) is 4. The van der Waals surface area contributed by atoms with E-state index in [4.69, 9.17) is 4.74 Å². The topological polar surface area (TPSA) is 27.7 Å². The van der Waals surface area contributed by atoms with E-state index in [-0.39, 0.29) is 0 Å². The van der Waals surface area contributed by atoms with E-state index in [9.17, 15) is 0 Å². The molecule has 118 valence electrons. The number of piperazine rings is 1. The van der Waals surface area contributed by atoms with Crippen molar-refractivity contribution < 1.29 is 4.74 Å². The van der Waals surface area contributed by atoms with Gasteiger partial charge in [0.25, 0.3) is 0 Å². The summed E-state index contributed by atoms with van der Waals surface area (Å²) in [6, 6.07) is 7.23. The van der Waals surface area contributed by atoms with Crippen LogP contribution in [0.1, 0.15) is 24.1 Å². The Morgan fingerprint density at radius 1 is 1.33 bits per heavy atom. The van der Waals surface area contributed by atoms with Gasteiger partial charge in [0.15, 0.2) is 0 Å². The molecule has 1 aliphatic rings. The highest BCUT2D eigenvalue weighted by Crippen LogP contribution is 2.26. The molecule has 1 aromatic carbocycles. The van der Waals surface area contributed by atoms with Crippen molar-refractivity contribution in [3.8, 4) is 5.75 Å². The van der Waals surface area contributed by atoms with E-state index in [0.717, 1.165) is 31.9 Å². The fraction of sp³-hybridized carbons (Fsp3) is 0.647. The molecular formula is C17H29N3O. The summed E-state index contributed by atoms with van der Waals surface area (Å²) in [7, 11) is 6.16. The predicted molar refractivity (Wildman–Crippen MR) is 88.1 cm³/mol. The maximum Gasteiger partial charge on any atom is 0.123 e. The summed E-state index contributed by atoms with van der Waals surface area (Å²) in [5.74, 6) is 0.967. The second-order valence-corrected chi connectivity index (χ2v) is 6.27. The highest BCUT2D eigenvalue weighted by molar-refractivity contribution is 5.38. The SMILES string of the molecule is COc1ccc(C)cc1C(C)NCC1CN(C)CCN1C. The average Bonchev–Trinajstić information content (AvgIpc) is 2.47. The monoisotopic (exact) mass is 291 g/mol. The van der Waals surface area contributed by atoms with Crippen LogP contribution in [-0.4, -0.2) is 63.2 Å². The zero-order valence-corrected chi connectivity index (χ0v) is 14.0. The second-order valence-electron chi connectivity index (χ2n) is 6.27. The van der Waals surface area contributed by atoms with Crippen LogP contribution < -0.4 is 10.1 Å². The van der Waals surface area contributed by atoms with Crippen molar-refractivity contribution >= 4 is 0 Å². The smallest absolute Gasteiger partial charge is 0.123 e. The number of likely N-dealkylation sites (N-methyl/N-ethyl adjacent to an activating group) is 2. The first-order valence-corrected chi connectivity index (χ1v) is 7.78. The molecule has 1 heterocycles. The molecule has 21 heavy (non-hydrogen) atoms. The fourth-order valence-electron chi connectivity index (χ4n) is 2.94. The number of nitrogens with one attached hydrogen (secondary N) is 1. The van der Waals surface area contributed by atoms with Gasteiger partial charge in [0.2, 0.25) is 0 Å². The zero-order chi connectivity index (χ0) is 15.4. The summed E-state index contributed by atoms with van der Waals surface area (Å²) in [4.78, 5) is 4.86. The normalized spacial score (nSPS) is 22.2. The Labute approximate surface area is 129 Å². The highest BCUT2D eigenvalue weighted by atomic mass is 16.5. The molecule has 0 amide bonds. The number of ether oxygens (including phenoxy) is 1. The molecule has 0 aliphatic carbocycles. The van der Waals surface area contributed by atoms with Crippen LogP contribution in [0.3, 0.4) is 0 Å². The third-order valence-corrected chi connectivity index (χ3v) is 4.49. The van der Waals surface area contributed by atoms with Crippen molar-refractivity contribution in [2.45, 2.75) is 25.9 Å². The van der Waals surface area contributed by atoms with E-state index >= 15 is 0 Å². The van der Waals surface area contributed by atoms with Gasteiger partial charge in [-0.3, -0.25) is 4.90 Å². The van der Waals surface area contributed by atoms with Gasteiger partial charge in [-0.1, -0.05) is 17.7 Å². The van der Waals surface area contributed by atoms with Crippen molar-refractivity contribution in [1.29, 1.82) is 0 Å². The quantitative estimate of drug-likeness (QED) is 0.897. The molecule has 0 spiro atoms. The molecule has 2 rings (SSSR count). The predicted octanol–water partition coefficient (Wildman–Crippen LogP) is 1.90. The van der Waals surface area contributed by atoms with E-state index < -0.39 is 0 Å². The van der Waals surface area contributed by atoms with E-state index in [1.54, 1.807) is 7.11 Å². The number of rotatable bonds is 5. The number of benzene rings is 1. The molecule has 0 aromatic heterocycles. The van der Waals surface area contributed by atoms with Crippen LogP contribution in [0.2, 0.25) is 0 Å². The van der Waals surface area contributed by atoms with E-state index in [1.165, 1.54) is 11.1 Å². The second kappa shape index (κ2) is 7.25. The van der Waals surface area contributed by atoms with Crippen LogP contribution in [-0.2, 0) is 0 Å². The van der Waals surface area contributed by atoms with Crippen LogP contribution in [0.4, 0.5) is 0 Å². The molecule has 4 nitrogen and oxygen atoms in total. The van der Waals surface area contributed by atoms with Crippen molar-refractivity contribution in [3.63, 3.8) is 0 Å². The molecule has 1 saturated heterocycles. The summed E-state index contributed by atoms with van der Waals surface area (Å²) < 4.78 is 5.49. The van der Waals surface area contributed by atoms with Crippen molar-refractivity contribution in [2.24, 2.45) is 0 Å². The summed E-state index contributed by atoms with van der Waals surface area (Å²) in [5.41, 5.74) is 2.51. The average molecular weight is 291 g/mol. The lowest BCUT2D eigenvalue weighted by Gasteiger charge is -2.38. The first-order valence-electron chi connectivity index (χ1n) is 7.78. The molecule has 4 heteroatoms. The molecular weight excluding hydrogens is 262 g/mol. The molecule has 2 atom stereocenters. The minimum Gasteiger partial charge on any atom is -0.496 e. The van der Waals surface area contributed by atoms with Crippen LogP contribution in [0.15, 0.2) is 18.2 Å². The molecule has 1 fully saturated rings. The molecule has 1 aliphatic heterocycles. The Bertz CT molecular complexity index is 463. The summed E-state index contributed by atoms with van der Waals surface area (Å²) in [5, 5.41) is 3.67. The summed E-state index contributed by atoms with van der Waals surface area (Å²) >= 11 is 0. The van der Waals surface area contributed by atoms with E-state index in [1.807, 2.05) is 0 Å². The first-order chi connectivity index (χ1) is 10.0. The van der Waals surface area contributed by atoms with Crippen molar-refractivity contribution in [3.05, 3.63) is 29.3 Å². The molecule has 0 bridgehead atoms. The van der Waals surface area contributed by atoms with E-state index in [0.29, 0.717) is 12.1 Å². The largest absolute Gasteiger partial charge is 0.496 e. The van der Waals surface area contributed by atoms with Gasteiger partial charge in [-0.15, -0.1) is 0 Å². The van der Waals surface area contributed by atoms with Gasteiger partial charge in [-0.05, 0) is 34.0 Å². The summed E-state index contributed by atoms with van der Waals surface area (Å²) in [6.45, 7) is 8.77. The van der Waals surface area contributed by atoms with Gasteiger partial charge in [0, 0.05) is 43.8 Å². The maximum atomic E-state index is 5.49. The number of hydrogen-bond donors (Lipinski definition) is 1. The number of methoxy groups -OCH3 is 1. The van der Waals surface area contributed by atoms with Crippen LogP contribution in [0.5, 0.6) is 5.75 Å². The van der Waals surface area contributed by atoms with Crippen LogP contribution in [0, 0.1) is 6.92 Å². The highest BCUT2D eigenvalue weighted by Gasteiger charge is 2.22. The molecule has 0 radical (unpaired) electrons. The van der Waals surface area contributed by atoms with Gasteiger partial charge in [-0.2, -0.15) is 0 Å². The summed E-state index contributed by atoms with van der Waals surface area (Å²) in [6.07, 6.45) is 0. The fourth-order valence-corrected chi connectivity index (χ4v) is 2.94. The van der Waals surface area contributed by atoms with Crippen molar-refractivity contribution in [2.75, 3.05) is 47.4 Å². The third-order valence-electron chi connectivity index (χ3n) is 4.49. The Morgan fingerprint density at radius 2 is 2.10 bits per heavy atom. The van der Waals surface area contributed by atoms with Crippen LogP contribution >= 0.6 is 0 Å². The van der Waals surface area contributed by atoms with Crippen molar-refractivity contribution in [1.82, 2.24) is 15.1 Å². The lowest BCUT2D eigenvalue weighted by Crippen LogP contribution is -2.53. The van der Waals surface area contributed by atoms with E-state index in [2.05, 4.69) is 61.3 Å².